The molecule has 1 fully saturated rings. The number of likely N-dealkylation sites (tertiary alicyclic amines) is 1. The summed E-state index contributed by atoms with van der Waals surface area (Å²) in [5, 5.41) is 2.79. The minimum absolute atomic E-state index is 0.0189. The molecule has 0 bridgehead atoms. The maximum Gasteiger partial charge on any atom is 0.255 e. The summed E-state index contributed by atoms with van der Waals surface area (Å²) in [6.45, 7) is 2.73. The van der Waals surface area contributed by atoms with Crippen molar-refractivity contribution in [3.05, 3.63) is 29.8 Å². The highest BCUT2D eigenvalue weighted by Gasteiger charge is 2.18. The van der Waals surface area contributed by atoms with Gasteiger partial charge >= 0.3 is 0 Å². The zero-order valence-electron chi connectivity index (χ0n) is 10.5. The topological polar surface area (TPSA) is 45.2 Å². The molecule has 0 radical (unpaired) electrons. The van der Waals surface area contributed by atoms with E-state index in [9.17, 15) is 9.18 Å². The van der Waals surface area contributed by atoms with Crippen LogP contribution in [0.15, 0.2) is 18.3 Å². The van der Waals surface area contributed by atoms with Crippen LogP contribution >= 0.6 is 0 Å². The Bertz CT molecular complexity index is 416. The SMILES string of the molecule is CN1CCC(CNC(=O)c2cccnc2F)CC1. The van der Waals surface area contributed by atoms with Gasteiger partial charge in [0.05, 0.1) is 5.56 Å². The van der Waals surface area contributed by atoms with Crippen LogP contribution in [0, 0.1) is 11.9 Å². The van der Waals surface area contributed by atoms with Gasteiger partial charge in [0.2, 0.25) is 5.95 Å². The Morgan fingerprint density at radius 1 is 1.56 bits per heavy atom. The average Bonchev–Trinajstić information content (AvgIpc) is 2.38. The molecular weight excluding hydrogens is 233 g/mol. The van der Waals surface area contributed by atoms with Gasteiger partial charge in [-0.1, -0.05) is 0 Å². The first-order valence-electron chi connectivity index (χ1n) is 6.24. The molecule has 0 aliphatic carbocycles. The standard InChI is InChI=1S/C13H18FN3O/c1-17-7-4-10(5-8-17)9-16-13(18)11-3-2-6-15-12(11)14/h2-3,6,10H,4-5,7-9H2,1H3,(H,16,18). The molecule has 1 saturated heterocycles. The van der Waals surface area contributed by atoms with Crippen LogP contribution in [0.5, 0.6) is 0 Å². The number of halogens is 1. The van der Waals surface area contributed by atoms with Crippen molar-refractivity contribution in [3.8, 4) is 0 Å². The molecule has 1 N–H and O–H groups in total. The molecule has 2 rings (SSSR count). The van der Waals surface area contributed by atoms with Crippen LogP contribution in [0.2, 0.25) is 0 Å². The summed E-state index contributed by atoms with van der Waals surface area (Å²) >= 11 is 0. The van der Waals surface area contributed by atoms with Crippen molar-refractivity contribution in [2.24, 2.45) is 5.92 Å². The Kier molecular flexibility index (Phi) is 4.25. The Morgan fingerprint density at radius 2 is 2.28 bits per heavy atom. The summed E-state index contributed by atoms with van der Waals surface area (Å²) in [4.78, 5) is 17.5. The van der Waals surface area contributed by atoms with Crippen LogP contribution < -0.4 is 5.32 Å². The molecule has 98 valence electrons. The van der Waals surface area contributed by atoms with Crippen LogP contribution in [0.1, 0.15) is 23.2 Å². The summed E-state index contributed by atoms with van der Waals surface area (Å²) in [6, 6.07) is 3.01. The second kappa shape index (κ2) is 5.91. The Balaban J connectivity index is 1.84. The van der Waals surface area contributed by atoms with E-state index in [2.05, 4.69) is 22.2 Å². The fourth-order valence-corrected chi connectivity index (χ4v) is 2.15. The highest BCUT2D eigenvalue weighted by atomic mass is 19.1. The molecule has 1 amide bonds. The molecule has 4 nitrogen and oxygen atoms in total. The minimum atomic E-state index is -0.710. The summed E-state index contributed by atoms with van der Waals surface area (Å²) in [5.41, 5.74) is 0.0189. The lowest BCUT2D eigenvalue weighted by Crippen LogP contribution is -2.37. The van der Waals surface area contributed by atoms with E-state index in [1.165, 1.54) is 12.3 Å². The van der Waals surface area contributed by atoms with Crippen LogP contribution in [0.3, 0.4) is 0 Å². The van der Waals surface area contributed by atoms with Crippen LogP contribution in [0.4, 0.5) is 4.39 Å². The molecule has 0 unspecified atom stereocenters. The van der Waals surface area contributed by atoms with Gasteiger partial charge in [0.25, 0.3) is 5.91 Å². The van der Waals surface area contributed by atoms with E-state index in [1.807, 2.05) is 0 Å². The van der Waals surface area contributed by atoms with Gasteiger partial charge in [-0.05, 0) is 51.0 Å². The van der Waals surface area contributed by atoms with E-state index in [4.69, 9.17) is 0 Å². The van der Waals surface area contributed by atoms with Gasteiger partial charge in [-0.15, -0.1) is 0 Å². The Hall–Kier alpha value is -1.49. The largest absolute Gasteiger partial charge is 0.352 e. The molecule has 1 aromatic rings. The summed E-state index contributed by atoms with van der Waals surface area (Å²) in [6.07, 6.45) is 3.49. The number of nitrogens with zero attached hydrogens (tertiary/aromatic N) is 2. The first-order valence-corrected chi connectivity index (χ1v) is 6.24. The number of carbonyl (C=O) groups is 1. The van der Waals surface area contributed by atoms with Gasteiger partial charge in [0, 0.05) is 12.7 Å². The zero-order valence-corrected chi connectivity index (χ0v) is 10.5. The number of pyridine rings is 1. The lowest BCUT2D eigenvalue weighted by molar-refractivity contribution is 0.0934. The lowest BCUT2D eigenvalue weighted by atomic mass is 9.97. The Labute approximate surface area is 106 Å². The average molecular weight is 251 g/mol. The molecule has 0 spiro atoms. The third kappa shape index (κ3) is 3.26. The molecule has 5 heteroatoms. The van der Waals surface area contributed by atoms with Crippen molar-refractivity contribution in [1.29, 1.82) is 0 Å². The number of hydrogen-bond acceptors (Lipinski definition) is 3. The van der Waals surface area contributed by atoms with Crippen molar-refractivity contribution in [2.45, 2.75) is 12.8 Å². The van der Waals surface area contributed by atoms with Crippen molar-refractivity contribution in [1.82, 2.24) is 15.2 Å². The quantitative estimate of drug-likeness (QED) is 0.823. The van der Waals surface area contributed by atoms with Crippen molar-refractivity contribution in [3.63, 3.8) is 0 Å². The second-order valence-corrected chi connectivity index (χ2v) is 4.80. The third-order valence-corrected chi connectivity index (χ3v) is 3.39. The van der Waals surface area contributed by atoms with Crippen molar-refractivity contribution < 1.29 is 9.18 Å². The van der Waals surface area contributed by atoms with Gasteiger partial charge in [0.15, 0.2) is 0 Å². The Morgan fingerprint density at radius 3 is 2.94 bits per heavy atom. The highest BCUT2D eigenvalue weighted by molar-refractivity contribution is 5.94. The smallest absolute Gasteiger partial charge is 0.255 e. The molecule has 0 aromatic carbocycles. The number of nitrogens with one attached hydrogen (secondary N) is 1. The molecule has 0 saturated carbocycles. The molecule has 18 heavy (non-hydrogen) atoms. The zero-order chi connectivity index (χ0) is 13.0. The molecule has 1 aliphatic rings. The van der Waals surface area contributed by atoms with E-state index >= 15 is 0 Å². The van der Waals surface area contributed by atoms with Crippen molar-refractivity contribution >= 4 is 5.91 Å². The first kappa shape index (κ1) is 13.0. The summed E-state index contributed by atoms with van der Waals surface area (Å²) in [5.74, 6) is -0.595. The normalized spacial score (nSPS) is 17.7. The van der Waals surface area contributed by atoms with E-state index in [0.717, 1.165) is 25.9 Å². The molecule has 2 heterocycles. The van der Waals surface area contributed by atoms with Crippen LogP contribution in [0.25, 0.3) is 0 Å². The van der Waals surface area contributed by atoms with E-state index < -0.39 is 5.95 Å². The molecule has 1 aliphatic heterocycles. The number of aromatic nitrogens is 1. The summed E-state index contributed by atoms with van der Waals surface area (Å²) < 4.78 is 13.3. The fourth-order valence-electron chi connectivity index (χ4n) is 2.15. The highest BCUT2D eigenvalue weighted by Crippen LogP contribution is 2.15. The number of rotatable bonds is 3. The van der Waals surface area contributed by atoms with Gasteiger partial charge in [-0.25, -0.2) is 4.98 Å². The predicted molar refractivity (Wildman–Crippen MR) is 66.7 cm³/mol. The van der Waals surface area contributed by atoms with E-state index in [-0.39, 0.29) is 11.5 Å². The number of carbonyl (C=O) groups excluding carboxylic acids is 1. The summed E-state index contributed by atoms with van der Waals surface area (Å²) in [7, 11) is 2.10. The maximum atomic E-state index is 13.3. The maximum absolute atomic E-state index is 13.3. The van der Waals surface area contributed by atoms with Gasteiger partial charge < -0.3 is 10.2 Å². The number of piperidine rings is 1. The van der Waals surface area contributed by atoms with Crippen LogP contribution in [-0.2, 0) is 0 Å². The van der Waals surface area contributed by atoms with E-state index in [0.29, 0.717) is 12.5 Å². The van der Waals surface area contributed by atoms with Gasteiger partial charge in [0.1, 0.15) is 0 Å². The number of hydrogen-bond donors (Lipinski definition) is 1. The number of amides is 1. The predicted octanol–water partition coefficient (Wildman–Crippen LogP) is 1.29. The molecule has 0 atom stereocenters. The van der Waals surface area contributed by atoms with Gasteiger partial charge in [-0.3, -0.25) is 4.79 Å². The lowest BCUT2D eigenvalue weighted by Gasteiger charge is -2.28. The third-order valence-electron chi connectivity index (χ3n) is 3.39. The molecule has 1 aromatic heterocycles. The van der Waals surface area contributed by atoms with Crippen molar-refractivity contribution in [2.75, 3.05) is 26.7 Å². The second-order valence-electron chi connectivity index (χ2n) is 4.80. The minimum Gasteiger partial charge on any atom is -0.352 e. The van der Waals surface area contributed by atoms with Gasteiger partial charge in [-0.2, -0.15) is 4.39 Å². The fraction of sp³-hybridized carbons (Fsp3) is 0.538. The van der Waals surface area contributed by atoms with E-state index in [1.54, 1.807) is 6.07 Å². The van der Waals surface area contributed by atoms with Crippen LogP contribution in [-0.4, -0.2) is 42.5 Å². The monoisotopic (exact) mass is 251 g/mol. The first-order chi connectivity index (χ1) is 8.66. The molecular formula is C13H18FN3O.